The number of Topliss-reactive ketones (excluding diaryl/α,β-unsaturated/α-hetero) is 3. The molecule has 0 N–H and O–H groups in total. The molecule has 0 saturated carbocycles. The maximum Gasteiger partial charge on any atom is 0.173 e. The van der Waals surface area contributed by atoms with Gasteiger partial charge in [0, 0.05) is 24.8 Å². The Hall–Kier alpha value is -1.77. The molecule has 0 aromatic heterocycles. The number of benzene rings is 1. The highest BCUT2D eigenvalue weighted by atomic mass is 16.2. The summed E-state index contributed by atoms with van der Waals surface area (Å²) in [5.41, 5.74) is 1.51. The summed E-state index contributed by atoms with van der Waals surface area (Å²) in [4.78, 5) is 35.9. The van der Waals surface area contributed by atoms with Crippen molar-refractivity contribution in [1.82, 2.24) is 0 Å². The fourth-order valence-corrected chi connectivity index (χ4v) is 2.76. The Labute approximate surface area is 119 Å². The highest BCUT2D eigenvalue weighted by molar-refractivity contribution is 6.15. The Morgan fingerprint density at radius 1 is 1.20 bits per heavy atom. The smallest absolute Gasteiger partial charge is 0.173 e. The molecule has 0 bridgehead atoms. The minimum Gasteiger partial charge on any atom is -0.300 e. The van der Waals surface area contributed by atoms with Crippen LogP contribution in [0.3, 0.4) is 0 Å². The maximum absolute atomic E-state index is 12.3. The first-order valence-electron chi connectivity index (χ1n) is 7.30. The Kier molecular flexibility index (Phi) is 4.83. The number of fused-ring (bicyclic) bond motifs is 1. The molecular formula is C17H20O3. The summed E-state index contributed by atoms with van der Waals surface area (Å²) < 4.78 is 0. The van der Waals surface area contributed by atoms with Crippen LogP contribution in [0.4, 0.5) is 0 Å². The van der Waals surface area contributed by atoms with Crippen LogP contribution in [0.5, 0.6) is 0 Å². The van der Waals surface area contributed by atoms with Gasteiger partial charge >= 0.3 is 0 Å². The van der Waals surface area contributed by atoms with E-state index in [1.165, 1.54) is 0 Å². The van der Waals surface area contributed by atoms with Gasteiger partial charge in [-0.15, -0.1) is 0 Å². The van der Waals surface area contributed by atoms with E-state index in [1.807, 2.05) is 25.1 Å². The fraction of sp³-hybridized carbons (Fsp3) is 0.471. The zero-order valence-electron chi connectivity index (χ0n) is 11.9. The van der Waals surface area contributed by atoms with E-state index in [9.17, 15) is 14.4 Å². The summed E-state index contributed by atoms with van der Waals surface area (Å²) in [5, 5.41) is 0. The number of ketones is 3. The van der Waals surface area contributed by atoms with Crippen molar-refractivity contribution < 1.29 is 14.4 Å². The van der Waals surface area contributed by atoms with Gasteiger partial charge in [0.25, 0.3) is 0 Å². The van der Waals surface area contributed by atoms with E-state index in [1.54, 1.807) is 6.07 Å². The first kappa shape index (κ1) is 14.6. The average Bonchev–Trinajstić information content (AvgIpc) is 2.43. The van der Waals surface area contributed by atoms with Crippen molar-refractivity contribution in [2.45, 2.75) is 45.4 Å². The van der Waals surface area contributed by atoms with Crippen molar-refractivity contribution in [1.29, 1.82) is 0 Å². The molecule has 1 aromatic carbocycles. The third-order valence-corrected chi connectivity index (χ3v) is 3.83. The summed E-state index contributed by atoms with van der Waals surface area (Å²) in [6.07, 6.45) is 3.40. The molecule has 1 aromatic rings. The van der Waals surface area contributed by atoms with Crippen LogP contribution >= 0.6 is 0 Å². The van der Waals surface area contributed by atoms with E-state index in [2.05, 4.69) is 0 Å². The number of hydrogen-bond donors (Lipinski definition) is 0. The first-order chi connectivity index (χ1) is 9.63. The molecule has 0 aliphatic heterocycles. The number of rotatable bonds is 6. The molecule has 0 heterocycles. The minimum atomic E-state index is -0.542. The normalized spacial score (nSPS) is 17.9. The van der Waals surface area contributed by atoms with Crippen molar-refractivity contribution in [2.24, 2.45) is 5.92 Å². The third kappa shape index (κ3) is 3.21. The van der Waals surface area contributed by atoms with Crippen molar-refractivity contribution in [3.8, 4) is 0 Å². The van der Waals surface area contributed by atoms with E-state index < -0.39 is 5.92 Å². The van der Waals surface area contributed by atoms with Gasteiger partial charge in [0.1, 0.15) is 11.6 Å². The maximum atomic E-state index is 12.3. The van der Waals surface area contributed by atoms with E-state index in [0.717, 1.165) is 12.0 Å². The molecule has 0 spiro atoms. The molecule has 1 aliphatic rings. The molecule has 0 amide bonds. The van der Waals surface area contributed by atoms with Gasteiger partial charge in [-0.05, 0) is 24.8 Å². The lowest BCUT2D eigenvalue weighted by Gasteiger charge is -2.22. The van der Waals surface area contributed by atoms with Gasteiger partial charge < -0.3 is 0 Å². The zero-order valence-corrected chi connectivity index (χ0v) is 11.9. The van der Waals surface area contributed by atoms with Gasteiger partial charge in [0.15, 0.2) is 5.78 Å². The second-order valence-corrected chi connectivity index (χ2v) is 5.40. The van der Waals surface area contributed by atoms with E-state index in [-0.39, 0.29) is 17.3 Å². The number of carbonyl (C=O) groups is 3. The third-order valence-electron chi connectivity index (χ3n) is 3.83. The molecule has 0 radical (unpaired) electrons. The van der Waals surface area contributed by atoms with Crippen LogP contribution < -0.4 is 0 Å². The minimum absolute atomic E-state index is 0.00311. The Bertz CT molecular complexity index is 531. The summed E-state index contributed by atoms with van der Waals surface area (Å²) in [6.45, 7) is 1.98. The predicted octanol–water partition coefficient (Wildman–Crippen LogP) is 3.15. The molecule has 3 nitrogen and oxygen atoms in total. The first-order valence-corrected chi connectivity index (χ1v) is 7.30. The Morgan fingerprint density at radius 3 is 2.70 bits per heavy atom. The van der Waals surface area contributed by atoms with E-state index >= 15 is 0 Å². The van der Waals surface area contributed by atoms with Gasteiger partial charge in [-0.2, -0.15) is 0 Å². The highest BCUT2D eigenvalue weighted by Crippen LogP contribution is 2.26. The monoisotopic (exact) mass is 272 g/mol. The van der Waals surface area contributed by atoms with Gasteiger partial charge in [-0.1, -0.05) is 31.2 Å². The van der Waals surface area contributed by atoms with E-state index in [4.69, 9.17) is 0 Å². The zero-order chi connectivity index (χ0) is 14.5. The molecule has 0 saturated heterocycles. The van der Waals surface area contributed by atoms with Gasteiger partial charge in [-0.25, -0.2) is 0 Å². The number of carbonyl (C=O) groups excluding carboxylic acids is 3. The Balaban J connectivity index is 1.98. The van der Waals surface area contributed by atoms with Crippen LogP contribution in [-0.4, -0.2) is 17.3 Å². The highest BCUT2D eigenvalue weighted by Gasteiger charge is 2.33. The lowest BCUT2D eigenvalue weighted by molar-refractivity contribution is -0.122. The van der Waals surface area contributed by atoms with Gasteiger partial charge in [0.2, 0.25) is 0 Å². The van der Waals surface area contributed by atoms with Crippen LogP contribution in [0.1, 0.15) is 54.9 Å². The number of hydrogen-bond acceptors (Lipinski definition) is 3. The lowest BCUT2D eigenvalue weighted by Crippen LogP contribution is -2.31. The van der Waals surface area contributed by atoms with Crippen LogP contribution in [0.2, 0.25) is 0 Å². The summed E-state index contributed by atoms with van der Waals surface area (Å²) in [6, 6.07) is 7.31. The standard InChI is InChI=1S/C17H20O3/c1-2-6-13(18)8-5-10-15-16(19)11-12-7-3-4-9-14(12)17(15)20/h3-4,7,9,15H,2,5-6,8,10-11H2,1H3. The van der Waals surface area contributed by atoms with Gasteiger partial charge in [-0.3, -0.25) is 14.4 Å². The van der Waals surface area contributed by atoms with Crippen molar-refractivity contribution in [3.05, 3.63) is 35.4 Å². The quantitative estimate of drug-likeness (QED) is 0.747. The summed E-state index contributed by atoms with van der Waals surface area (Å²) in [7, 11) is 0. The average molecular weight is 272 g/mol. The molecule has 0 fully saturated rings. The van der Waals surface area contributed by atoms with Crippen LogP contribution in [0.25, 0.3) is 0 Å². The van der Waals surface area contributed by atoms with Crippen LogP contribution in [-0.2, 0) is 16.0 Å². The predicted molar refractivity (Wildman–Crippen MR) is 76.7 cm³/mol. The molecule has 1 aliphatic carbocycles. The largest absolute Gasteiger partial charge is 0.300 e. The second-order valence-electron chi connectivity index (χ2n) is 5.40. The fourth-order valence-electron chi connectivity index (χ4n) is 2.76. The molecular weight excluding hydrogens is 252 g/mol. The summed E-state index contributed by atoms with van der Waals surface area (Å²) >= 11 is 0. The molecule has 1 atom stereocenters. The molecule has 2 rings (SSSR count). The van der Waals surface area contributed by atoms with Crippen molar-refractivity contribution in [3.63, 3.8) is 0 Å². The van der Waals surface area contributed by atoms with Crippen LogP contribution in [0.15, 0.2) is 24.3 Å². The van der Waals surface area contributed by atoms with Gasteiger partial charge in [0.05, 0.1) is 5.92 Å². The van der Waals surface area contributed by atoms with E-state index in [0.29, 0.717) is 37.7 Å². The molecule has 3 heteroatoms. The lowest BCUT2D eigenvalue weighted by atomic mass is 9.79. The molecule has 20 heavy (non-hydrogen) atoms. The topological polar surface area (TPSA) is 51.2 Å². The molecule has 106 valence electrons. The summed E-state index contributed by atoms with van der Waals surface area (Å²) in [5.74, 6) is -0.389. The second kappa shape index (κ2) is 6.60. The SMILES string of the molecule is CCCC(=O)CCCC1C(=O)Cc2ccccc2C1=O. The van der Waals surface area contributed by atoms with Crippen LogP contribution in [0, 0.1) is 5.92 Å². The molecule has 1 unspecified atom stereocenters. The van der Waals surface area contributed by atoms with Crippen molar-refractivity contribution >= 4 is 17.3 Å². The van der Waals surface area contributed by atoms with Crippen molar-refractivity contribution in [2.75, 3.05) is 0 Å². The Morgan fingerprint density at radius 2 is 1.95 bits per heavy atom.